The van der Waals surface area contributed by atoms with Gasteiger partial charge in [-0.05, 0) is 57.5 Å². The average Bonchev–Trinajstić information content (AvgIpc) is 2.44. The van der Waals surface area contributed by atoms with Crippen molar-refractivity contribution in [3.05, 3.63) is 0 Å². The molecule has 4 nitrogen and oxygen atoms in total. The number of hydrogen-bond donors (Lipinski definition) is 2. The molecule has 2 unspecified atom stereocenters. The van der Waals surface area contributed by atoms with Crippen LogP contribution >= 0.6 is 0 Å². The van der Waals surface area contributed by atoms with E-state index in [1.54, 1.807) is 0 Å². The second-order valence-corrected chi connectivity index (χ2v) is 6.91. The Balaban J connectivity index is 2.27. The highest BCUT2D eigenvalue weighted by atomic mass is 16.2. The van der Waals surface area contributed by atoms with Crippen LogP contribution in [0.3, 0.4) is 0 Å². The molecule has 4 heteroatoms. The maximum atomic E-state index is 12.0. The molecular weight excluding hydrogens is 262 g/mol. The van der Waals surface area contributed by atoms with Crippen molar-refractivity contribution in [1.82, 2.24) is 15.5 Å². The minimum Gasteiger partial charge on any atom is -0.355 e. The second kappa shape index (κ2) is 10.2. The van der Waals surface area contributed by atoms with Crippen LogP contribution in [0.5, 0.6) is 0 Å². The number of nitrogens with one attached hydrogen (secondary N) is 2. The van der Waals surface area contributed by atoms with Gasteiger partial charge in [-0.3, -0.25) is 9.69 Å². The molecule has 1 heterocycles. The van der Waals surface area contributed by atoms with Crippen LogP contribution < -0.4 is 10.6 Å². The zero-order valence-corrected chi connectivity index (χ0v) is 14.5. The Morgan fingerprint density at radius 3 is 2.71 bits per heavy atom. The molecule has 0 spiro atoms. The van der Waals surface area contributed by atoms with Gasteiger partial charge in [0.15, 0.2) is 0 Å². The number of piperidine rings is 1. The van der Waals surface area contributed by atoms with Crippen LogP contribution in [0.15, 0.2) is 0 Å². The fourth-order valence-electron chi connectivity index (χ4n) is 2.94. The molecule has 21 heavy (non-hydrogen) atoms. The van der Waals surface area contributed by atoms with E-state index in [2.05, 4.69) is 43.2 Å². The molecular formula is C17H35N3O. The first-order valence-corrected chi connectivity index (χ1v) is 8.75. The minimum absolute atomic E-state index is 0.186. The Labute approximate surface area is 131 Å². The van der Waals surface area contributed by atoms with Crippen molar-refractivity contribution in [2.24, 2.45) is 11.8 Å². The standard InChI is InChI=1S/C17H35N3O/c1-5-9-18-15(4)16-7-6-11-20(12-16)13-17(21)19-10-8-14(2)3/h14-16,18H,5-13H2,1-4H3,(H,19,21). The monoisotopic (exact) mass is 297 g/mol. The fraction of sp³-hybridized carbons (Fsp3) is 0.941. The smallest absolute Gasteiger partial charge is 0.234 e. The van der Waals surface area contributed by atoms with Gasteiger partial charge in [0.25, 0.3) is 0 Å². The third-order valence-corrected chi connectivity index (χ3v) is 4.38. The minimum atomic E-state index is 0.186. The van der Waals surface area contributed by atoms with Crippen molar-refractivity contribution in [1.29, 1.82) is 0 Å². The zero-order valence-electron chi connectivity index (χ0n) is 14.5. The summed E-state index contributed by atoms with van der Waals surface area (Å²) < 4.78 is 0. The summed E-state index contributed by atoms with van der Waals surface area (Å²) in [6.07, 6.45) is 4.73. The van der Waals surface area contributed by atoms with Gasteiger partial charge in [-0.15, -0.1) is 0 Å². The summed E-state index contributed by atoms with van der Waals surface area (Å²) >= 11 is 0. The lowest BCUT2D eigenvalue weighted by molar-refractivity contribution is -0.122. The molecule has 1 fully saturated rings. The molecule has 0 aromatic carbocycles. The predicted molar refractivity (Wildman–Crippen MR) is 89.4 cm³/mol. The van der Waals surface area contributed by atoms with Gasteiger partial charge < -0.3 is 10.6 Å². The number of rotatable bonds is 9. The highest BCUT2D eigenvalue weighted by Gasteiger charge is 2.25. The van der Waals surface area contributed by atoms with Crippen LogP contribution in [0.4, 0.5) is 0 Å². The maximum Gasteiger partial charge on any atom is 0.234 e. The van der Waals surface area contributed by atoms with E-state index >= 15 is 0 Å². The lowest BCUT2D eigenvalue weighted by Gasteiger charge is -2.35. The van der Waals surface area contributed by atoms with Crippen LogP contribution in [0.25, 0.3) is 0 Å². The van der Waals surface area contributed by atoms with Crippen LogP contribution in [-0.4, -0.2) is 49.6 Å². The van der Waals surface area contributed by atoms with Crippen molar-refractivity contribution < 1.29 is 4.79 Å². The molecule has 0 aromatic heterocycles. The summed E-state index contributed by atoms with van der Waals surface area (Å²) in [5.74, 6) is 1.51. The fourth-order valence-corrected chi connectivity index (χ4v) is 2.94. The van der Waals surface area contributed by atoms with E-state index in [4.69, 9.17) is 0 Å². The Morgan fingerprint density at radius 2 is 2.05 bits per heavy atom. The first-order chi connectivity index (χ1) is 10.0. The Hall–Kier alpha value is -0.610. The molecule has 124 valence electrons. The Morgan fingerprint density at radius 1 is 1.29 bits per heavy atom. The summed E-state index contributed by atoms with van der Waals surface area (Å²) in [5, 5.41) is 6.64. The molecule has 0 aromatic rings. The van der Waals surface area contributed by atoms with Gasteiger partial charge in [-0.25, -0.2) is 0 Å². The molecule has 0 saturated carbocycles. The molecule has 0 aliphatic carbocycles. The van der Waals surface area contributed by atoms with Crippen molar-refractivity contribution in [3.63, 3.8) is 0 Å². The van der Waals surface area contributed by atoms with Crippen molar-refractivity contribution in [2.45, 2.75) is 59.4 Å². The lowest BCUT2D eigenvalue weighted by atomic mass is 9.91. The van der Waals surface area contributed by atoms with E-state index in [9.17, 15) is 4.79 Å². The van der Waals surface area contributed by atoms with E-state index in [0.717, 1.165) is 32.6 Å². The Kier molecular flexibility index (Phi) is 8.93. The van der Waals surface area contributed by atoms with Gasteiger partial charge in [-0.2, -0.15) is 0 Å². The summed E-state index contributed by atoms with van der Waals surface area (Å²) in [6, 6.07) is 0.553. The molecule has 0 bridgehead atoms. The van der Waals surface area contributed by atoms with E-state index in [1.807, 2.05) is 0 Å². The maximum absolute atomic E-state index is 12.0. The largest absolute Gasteiger partial charge is 0.355 e. The molecule has 1 amide bonds. The molecule has 0 radical (unpaired) electrons. The number of carbonyl (C=O) groups excluding carboxylic acids is 1. The van der Waals surface area contributed by atoms with Gasteiger partial charge >= 0.3 is 0 Å². The van der Waals surface area contributed by atoms with E-state index in [0.29, 0.717) is 24.4 Å². The summed E-state index contributed by atoms with van der Waals surface area (Å²) in [4.78, 5) is 14.3. The molecule has 2 atom stereocenters. The first-order valence-electron chi connectivity index (χ1n) is 8.75. The number of hydrogen-bond acceptors (Lipinski definition) is 3. The average molecular weight is 297 g/mol. The predicted octanol–water partition coefficient (Wildman–Crippen LogP) is 2.25. The number of likely N-dealkylation sites (tertiary alicyclic amines) is 1. The Bertz CT molecular complexity index is 294. The van der Waals surface area contributed by atoms with Gasteiger partial charge in [-0.1, -0.05) is 20.8 Å². The van der Waals surface area contributed by atoms with Gasteiger partial charge in [0.05, 0.1) is 6.54 Å². The molecule has 2 N–H and O–H groups in total. The highest BCUT2D eigenvalue weighted by Crippen LogP contribution is 2.19. The van der Waals surface area contributed by atoms with Crippen molar-refractivity contribution in [3.8, 4) is 0 Å². The molecule has 1 aliphatic heterocycles. The quantitative estimate of drug-likeness (QED) is 0.686. The highest BCUT2D eigenvalue weighted by molar-refractivity contribution is 5.77. The number of carbonyl (C=O) groups is 1. The van der Waals surface area contributed by atoms with Crippen molar-refractivity contribution in [2.75, 3.05) is 32.7 Å². The van der Waals surface area contributed by atoms with E-state index in [1.165, 1.54) is 19.3 Å². The topological polar surface area (TPSA) is 44.4 Å². The molecule has 1 aliphatic rings. The van der Waals surface area contributed by atoms with Crippen molar-refractivity contribution >= 4 is 5.91 Å². The lowest BCUT2D eigenvalue weighted by Crippen LogP contribution is -2.47. The first kappa shape index (κ1) is 18.4. The van der Waals surface area contributed by atoms with Crippen LogP contribution in [0.2, 0.25) is 0 Å². The SMILES string of the molecule is CCCNC(C)C1CCCN(CC(=O)NCCC(C)C)C1. The summed E-state index contributed by atoms with van der Waals surface area (Å²) in [7, 11) is 0. The third-order valence-electron chi connectivity index (χ3n) is 4.38. The third kappa shape index (κ3) is 7.82. The molecule has 1 saturated heterocycles. The second-order valence-electron chi connectivity index (χ2n) is 6.91. The van der Waals surface area contributed by atoms with Gasteiger partial charge in [0.2, 0.25) is 5.91 Å². The van der Waals surface area contributed by atoms with Gasteiger partial charge in [0, 0.05) is 19.1 Å². The summed E-state index contributed by atoms with van der Waals surface area (Å²) in [6.45, 7) is 13.4. The normalized spacial score (nSPS) is 21.5. The summed E-state index contributed by atoms with van der Waals surface area (Å²) in [5.41, 5.74) is 0. The van der Waals surface area contributed by atoms with Crippen LogP contribution in [0.1, 0.15) is 53.4 Å². The van der Waals surface area contributed by atoms with E-state index < -0.39 is 0 Å². The van der Waals surface area contributed by atoms with Crippen LogP contribution in [0, 0.1) is 11.8 Å². The van der Waals surface area contributed by atoms with Crippen LogP contribution in [-0.2, 0) is 4.79 Å². The van der Waals surface area contributed by atoms with Gasteiger partial charge in [0.1, 0.15) is 0 Å². The molecule has 1 rings (SSSR count). The zero-order chi connectivity index (χ0) is 15.7. The number of amides is 1. The number of nitrogens with zero attached hydrogens (tertiary/aromatic N) is 1. The van der Waals surface area contributed by atoms with E-state index in [-0.39, 0.29) is 5.91 Å².